The molecule has 0 amide bonds. The van der Waals surface area contributed by atoms with Crippen LogP contribution in [0.5, 0.6) is 5.75 Å². The van der Waals surface area contributed by atoms with Crippen molar-refractivity contribution < 1.29 is 21.6 Å². The second kappa shape index (κ2) is 7.42. The number of hydrogen-bond donors (Lipinski definition) is 0. The van der Waals surface area contributed by atoms with Crippen molar-refractivity contribution in [1.29, 1.82) is 0 Å². The van der Waals surface area contributed by atoms with Crippen molar-refractivity contribution in [3.63, 3.8) is 0 Å². The average Bonchev–Trinajstić information content (AvgIpc) is 2.44. The molecule has 0 aromatic heterocycles. The van der Waals surface area contributed by atoms with Gasteiger partial charge in [0.05, 0.1) is 21.3 Å². The maximum atomic E-state index is 12.3. The van der Waals surface area contributed by atoms with E-state index in [1.165, 1.54) is 36.4 Å². The first-order valence-corrected chi connectivity index (χ1v) is 9.64. The van der Waals surface area contributed by atoms with E-state index in [0.717, 1.165) is 0 Å². The zero-order chi connectivity index (χ0) is 16.8. The van der Waals surface area contributed by atoms with Gasteiger partial charge in [0.25, 0.3) is 0 Å². The molecule has 0 unspecified atom stereocenters. The zero-order valence-electron chi connectivity index (χ0n) is 12.1. The van der Waals surface area contributed by atoms with Gasteiger partial charge < -0.3 is 4.74 Å². The Hall–Kier alpha value is -1.86. The van der Waals surface area contributed by atoms with Gasteiger partial charge in [-0.2, -0.15) is 0 Å². The van der Waals surface area contributed by atoms with Crippen LogP contribution in [-0.4, -0.2) is 34.9 Å². The largest absolute Gasteiger partial charge is 0.490 e. The molecule has 1 rings (SSSR count). The van der Waals surface area contributed by atoms with Crippen LogP contribution in [0.3, 0.4) is 0 Å². The van der Waals surface area contributed by atoms with E-state index in [1.807, 2.05) is 0 Å². The number of benzene rings is 1. The highest BCUT2D eigenvalue weighted by atomic mass is 32.2. The number of ether oxygens (including phenoxy) is 1. The Morgan fingerprint density at radius 2 is 1.41 bits per heavy atom. The summed E-state index contributed by atoms with van der Waals surface area (Å²) in [6, 6.07) is 3.85. The average molecular weight is 342 g/mol. The molecule has 1 aromatic rings. The Bertz CT molecular complexity index is 774. The fourth-order valence-electron chi connectivity index (χ4n) is 1.72. The lowest BCUT2D eigenvalue weighted by atomic mass is 10.3. The number of sulfone groups is 2. The van der Waals surface area contributed by atoms with Crippen LogP contribution in [0.25, 0.3) is 0 Å². The van der Waals surface area contributed by atoms with Crippen LogP contribution in [0.2, 0.25) is 0 Å². The summed E-state index contributed by atoms with van der Waals surface area (Å²) < 4.78 is 54.3. The normalized spacial score (nSPS) is 11.6. The molecule has 0 N–H and O–H groups in total. The van der Waals surface area contributed by atoms with Gasteiger partial charge >= 0.3 is 0 Å². The molecule has 120 valence electrons. The molecule has 22 heavy (non-hydrogen) atoms. The maximum absolute atomic E-state index is 12.3. The van der Waals surface area contributed by atoms with E-state index in [1.54, 1.807) is 0 Å². The van der Waals surface area contributed by atoms with Crippen molar-refractivity contribution in [3.05, 3.63) is 56.2 Å². The molecular formula is C15H18O5S2. The molecule has 0 aliphatic carbocycles. The first-order valence-electron chi connectivity index (χ1n) is 6.33. The SMILES string of the molecule is C=CCOc1ccc(S(=O)(=O)CC=C)c(S(=O)(=O)CC=C)c1. The van der Waals surface area contributed by atoms with E-state index < -0.39 is 19.7 Å². The first kappa shape index (κ1) is 18.2. The topological polar surface area (TPSA) is 77.5 Å². The Labute approximate surface area is 131 Å². The molecule has 0 atom stereocenters. The number of rotatable bonds is 9. The van der Waals surface area contributed by atoms with E-state index in [9.17, 15) is 16.8 Å². The van der Waals surface area contributed by atoms with Crippen molar-refractivity contribution in [3.8, 4) is 5.75 Å². The standard InChI is InChI=1S/C15H18O5S2/c1-4-9-20-13-7-8-14(21(16,17)10-5-2)15(12-13)22(18,19)11-6-3/h4-8,12H,1-3,9-11H2. The van der Waals surface area contributed by atoms with Crippen LogP contribution in [0.4, 0.5) is 0 Å². The van der Waals surface area contributed by atoms with Gasteiger partial charge in [0, 0.05) is 6.07 Å². The molecule has 0 bridgehead atoms. The van der Waals surface area contributed by atoms with Crippen molar-refractivity contribution in [1.82, 2.24) is 0 Å². The summed E-state index contributed by atoms with van der Waals surface area (Å²) in [7, 11) is -7.61. The van der Waals surface area contributed by atoms with Crippen molar-refractivity contribution >= 4 is 19.7 Å². The van der Waals surface area contributed by atoms with Gasteiger partial charge in [-0.25, -0.2) is 16.8 Å². The summed E-state index contributed by atoms with van der Waals surface area (Å²) in [4.78, 5) is -0.559. The Morgan fingerprint density at radius 3 is 1.91 bits per heavy atom. The Kier molecular flexibility index (Phi) is 6.13. The summed E-state index contributed by atoms with van der Waals surface area (Å²) in [6.07, 6.45) is 3.91. The third-order valence-corrected chi connectivity index (χ3v) is 6.14. The van der Waals surface area contributed by atoms with E-state index in [2.05, 4.69) is 19.7 Å². The monoisotopic (exact) mass is 342 g/mol. The van der Waals surface area contributed by atoms with Crippen LogP contribution >= 0.6 is 0 Å². The molecule has 0 spiro atoms. The number of hydrogen-bond acceptors (Lipinski definition) is 5. The highest BCUT2D eigenvalue weighted by Crippen LogP contribution is 2.28. The summed E-state index contributed by atoms with van der Waals surface area (Å²) in [6.45, 7) is 10.4. The molecule has 7 heteroatoms. The molecule has 0 radical (unpaired) electrons. The van der Waals surface area contributed by atoms with Gasteiger partial charge in [-0.3, -0.25) is 0 Å². The minimum Gasteiger partial charge on any atom is -0.490 e. The molecule has 0 saturated heterocycles. The lowest BCUT2D eigenvalue weighted by molar-refractivity contribution is 0.361. The van der Waals surface area contributed by atoms with Crippen LogP contribution in [-0.2, 0) is 19.7 Å². The van der Waals surface area contributed by atoms with Gasteiger partial charge in [0.15, 0.2) is 19.7 Å². The van der Waals surface area contributed by atoms with Crippen LogP contribution in [0.15, 0.2) is 66.0 Å². The van der Waals surface area contributed by atoms with Gasteiger partial charge in [0.1, 0.15) is 12.4 Å². The summed E-state index contributed by atoms with van der Waals surface area (Å²) in [5.74, 6) is -0.467. The molecule has 0 aliphatic rings. The molecule has 1 aromatic carbocycles. The fourth-order valence-corrected chi connectivity index (χ4v) is 4.78. The Morgan fingerprint density at radius 1 is 0.864 bits per heavy atom. The first-order chi connectivity index (χ1) is 10.3. The van der Waals surface area contributed by atoms with Gasteiger partial charge in [-0.05, 0) is 12.1 Å². The predicted octanol–water partition coefficient (Wildman–Crippen LogP) is 2.17. The lowest BCUT2D eigenvalue weighted by Gasteiger charge is -2.12. The molecule has 0 saturated carbocycles. The van der Waals surface area contributed by atoms with Crippen molar-refractivity contribution in [2.24, 2.45) is 0 Å². The lowest BCUT2D eigenvalue weighted by Crippen LogP contribution is -2.14. The van der Waals surface area contributed by atoms with E-state index in [4.69, 9.17) is 4.74 Å². The van der Waals surface area contributed by atoms with E-state index >= 15 is 0 Å². The molecule has 5 nitrogen and oxygen atoms in total. The third-order valence-electron chi connectivity index (χ3n) is 2.63. The Balaban J connectivity index is 3.54. The second-order valence-corrected chi connectivity index (χ2v) is 8.35. The smallest absolute Gasteiger partial charge is 0.183 e. The second-order valence-electron chi connectivity index (χ2n) is 4.35. The van der Waals surface area contributed by atoms with Crippen LogP contribution in [0.1, 0.15) is 0 Å². The van der Waals surface area contributed by atoms with Crippen LogP contribution in [0, 0.1) is 0 Å². The molecular weight excluding hydrogens is 324 g/mol. The van der Waals surface area contributed by atoms with Crippen LogP contribution < -0.4 is 4.74 Å². The molecule has 0 heterocycles. The minimum absolute atomic E-state index is 0.180. The predicted molar refractivity (Wildman–Crippen MR) is 86.6 cm³/mol. The summed E-state index contributed by atoms with van der Waals surface area (Å²) >= 11 is 0. The summed E-state index contributed by atoms with van der Waals surface area (Å²) in [5, 5.41) is 0. The highest BCUT2D eigenvalue weighted by molar-refractivity contribution is 7.94. The molecule has 0 fully saturated rings. The van der Waals surface area contributed by atoms with Crippen molar-refractivity contribution in [2.75, 3.05) is 18.1 Å². The quantitative estimate of drug-likeness (QED) is 0.643. The van der Waals surface area contributed by atoms with Crippen molar-refractivity contribution in [2.45, 2.75) is 9.79 Å². The highest BCUT2D eigenvalue weighted by Gasteiger charge is 2.25. The van der Waals surface area contributed by atoms with Gasteiger partial charge in [0.2, 0.25) is 0 Å². The van der Waals surface area contributed by atoms with Gasteiger partial charge in [-0.1, -0.05) is 24.8 Å². The van der Waals surface area contributed by atoms with Gasteiger partial charge in [-0.15, -0.1) is 13.2 Å². The minimum atomic E-state index is -3.83. The zero-order valence-corrected chi connectivity index (χ0v) is 13.7. The van der Waals surface area contributed by atoms with E-state index in [-0.39, 0.29) is 33.7 Å². The van der Waals surface area contributed by atoms with E-state index in [0.29, 0.717) is 0 Å². The fraction of sp³-hybridized carbons (Fsp3) is 0.200. The summed E-state index contributed by atoms with van der Waals surface area (Å²) in [5.41, 5.74) is 0. The maximum Gasteiger partial charge on any atom is 0.183 e. The molecule has 0 aliphatic heterocycles. The third kappa shape index (κ3) is 4.32.